The van der Waals surface area contributed by atoms with Gasteiger partial charge in [-0.25, -0.2) is 5.84 Å². The Balaban J connectivity index is 3.19. The Hall–Kier alpha value is -1.42. The van der Waals surface area contributed by atoms with Crippen molar-refractivity contribution in [2.75, 3.05) is 0 Å². The average molecular weight is 220 g/mol. The highest BCUT2D eigenvalue weighted by Gasteiger charge is 2.12. The zero-order valence-corrected chi connectivity index (χ0v) is 10.6. The van der Waals surface area contributed by atoms with Crippen LogP contribution in [0.2, 0.25) is 0 Å². The molecule has 0 radical (unpaired) electrons. The molecule has 0 aromatic carbocycles. The Morgan fingerprint density at radius 2 is 1.94 bits per heavy atom. The number of hydrogen-bond donors (Lipinski definition) is 2. The summed E-state index contributed by atoms with van der Waals surface area (Å²) in [6.45, 7) is 10.0. The van der Waals surface area contributed by atoms with Crippen molar-refractivity contribution in [1.82, 2.24) is 10.4 Å². The van der Waals surface area contributed by atoms with Crippen LogP contribution in [0.3, 0.4) is 0 Å². The van der Waals surface area contributed by atoms with Gasteiger partial charge in [0.15, 0.2) is 0 Å². The third-order valence-corrected chi connectivity index (χ3v) is 2.06. The minimum absolute atomic E-state index is 0.168. The summed E-state index contributed by atoms with van der Waals surface area (Å²) in [4.78, 5) is 8.92. The number of pyridine rings is 1. The highest BCUT2D eigenvalue weighted by Crippen LogP contribution is 2.12. The van der Waals surface area contributed by atoms with E-state index in [1.165, 1.54) is 0 Å². The number of aliphatic imine (C=N–C) groups is 1. The molecule has 4 heteroatoms. The highest BCUT2D eigenvalue weighted by atomic mass is 15.3. The second kappa shape index (κ2) is 4.61. The summed E-state index contributed by atoms with van der Waals surface area (Å²) >= 11 is 0. The van der Waals surface area contributed by atoms with E-state index in [2.05, 4.69) is 15.4 Å². The van der Waals surface area contributed by atoms with E-state index in [9.17, 15) is 0 Å². The standard InChI is InChI=1S/C12H20N4/c1-8-6-7-10(9(2)14-8)11(16-13)15-12(3,4)5/h6-7H,13H2,1-5H3,(H,15,16). The third-order valence-electron chi connectivity index (χ3n) is 2.06. The Kier molecular flexibility index (Phi) is 3.65. The predicted molar refractivity (Wildman–Crippen MR) is 67.3 cm³/mol. The van der Waals surface area contributed by atoms with Gasteiger partial charge in [-0.1, -0.05) is 0 Å². The van der Waals surface area contributed by atoms with Gasteiger partial charge in [0.05, 0.1) is 5.54 Å². The molecule has 88 valence electrons. The number of aromatic nitrogens is 1. The fourth-order valence-electron chi connectivity index (χ4n) is 1.44. The lowest BCUT2D eigenvalue weighted by atomic mass is 10.1. The molecule has 0 aliphatic carbocycles. The monoisotopic (exact) mass is 220 g/mol. The number of amidine groups is 1. The first-order valence-corrected chi connectivity index (χ1v) is 5.34. The van der Waals surface area contributed by atoms with Crippen LogP contribution in [-0.2, 0) is 0 Å². The topological polar surface area (TPSA) is 63.3 Å². The van der Waals surface area contributed by atoms with E-state index in [0.29, 0.717) is 5.84 Å². The van der Waals surface area contributed by atoms with Gasteiger partial charge in [0, 0.05) is 17.0 Å². The van der Waals surface area contributed by atoms with Crippen LogP contribution in [0.4, 0.5) is 0 Å². The lowest BCUT2D eigenvalue weighted by Crippen LogP contribution is -2.34. The molecule has 0 bridgehead atoms. The van der Waals surface area contributed by atoms with E-state index in [-0.39, 0.29) is 5.54 Å². The van der Waals surface area contributed by atoms with Crippen LogP contribution in [0.5, 0.6) is 0 Å². The molecular formula is C12H20N4. The van der Waals surface area contributed by atoms with Gasteiger partial charge in [-0.05, 0) is 46.8 Å². The number of aryl methyl sites for hydroxylation is 2. The lowest BCUT2D eigenvalue weighted by Gasteiger charge is -2.16. The highest BCUT2D eigenvalue weighted by molar-refractivity contribution is 5.99. The molecule has 0 saturated heterocycles. The molecule has 0 aliphatic heterocycles. The minimum atomic E-state index is -0.168. The molecule has 0 aliphatic rings. The van der Waals surface area contributed by atoms with Crippen molar-refractivity contribution in [2.24, 2.45) is 10.8 Å². The molecule has 1 aromatic heterocycles. The van der Waals surface area contributed by atoms with E-state index >= 15 is 0 Å². The minimum Gasteiger partial charge on any atom is -0.308 e. The normalized spacial score (nSPS) is 12.8. The first kappa shape index (κ1) is 12.6. The molecular weight excluding hydrogens is 200 g/mol. The van der Waals surface area contributed by atoms with Crippen LogP contribution in [0.1, 0.15) is 37.7 Å². The maximum absolute atomic E-state index is 5.51. The molecule has 1 heterocycles. The van der Waals surface area contributed by atoms with E-state index in [4.69, 9.17) is 5.84 Å². The summed E-state index contributed by atoms with van der Waals surface area (Å²) in [5, 5.41) is 0. The van der Waals surface area contributed by atoms with Crippen molar-refractivity contribution < 1.29 is 0 Å². The van der Waals surface area contributed by atoms with Crippen LogP contribution >= 0.6 is 0 Å². The molecule has 0 spiro atoms. The second-order valence-corrected chi connectivity index (χ2v) is 4.86. The molecule has 0 atom stereocenters. The number of hydrogen-bond acceptors (Lipinski definition) is 3. The number of rotatable bonds is 1. The Morgan fingerprint density at radius 1 is 1.31 bits per heavy atom. The second-order valence-electron chi connectivity index (χ2n) is 4.86. The third kappa shape index (κ3) is 3.31. The van der Waals surface area contributed by atoms with Crippen LogP contribution in [0.25, 0.3) is 0 Å². The summed E-state index contributed by atoms with van der Waals surface area (Å²) in [7, 11) is 0. The molecule has 1 aromatic rings. The predicted octanol–water partition coefficient (Wildman–Crippen LogP) is 1.71. The Morgan fingerprint density at radius 3 is 2.38 bits per heavy atom. The first-order chi connectivity index (χ1) is 7.33. The number of nitrogens with one attached hydrogen (secondary N) is 1. The zero-order valence-electron chi connectivity index (χ0n) is 10.6. The summed E-state index contributed by atoms with van der Waals surface area (Å²) in [5.74, 6) is 6.19. The van der Waals surface area contributed by atoms with Gasteiger partial charge in [0.1, 0.15) is 5.84 Å². The van der Waals surface area contributed by atoms with E-state index in [1.54, 1.807) is 0 Å². The van der Waals surface area contributed by atoms with Gasteiger partial charge in [-0.15, -0.1) is 0 Å². The average Bonchev–Trinajstić information content (AvgIpc) is 2.13. The van der Waals surface area contributed by atoms with E-state index in [1.807, 2.05) is 46.8 Å². The van der Waals surface area contributed by atoms with Gasteiger partial charge >= 0.3 is 0 Å². The lowest BCUT2D eigenvalue weighted by molar-refractivity contribution is 0.580. The van der Waals surface area contributed by atoms with Crippen LogP contribution in [-0.4, -0.2) is 16.4 Å². The SMILES string of the molecule is Cc1ccc(C(=NC(C)(C)C)NN)c(C)n1. The number of nitrogens with two attached hydrogens (primary N) is 1. The molecule has 0 saturated carbocycles. The van der Waals surface area contributed by atoms with Crippen molar-refractivity contribution in [2.45, 2.75) is 40.2 Å². The van der Waals surface area contributed by atoms with Crippen molar-refractivity contribution in [3.05, 3.63) is 29.1 Å². The summed E-state index contributed by atoms with van der Waals surface area (Å²) in [6.07, 6.45) is 0. The van der Waals surface area contributed by atoms with Gasteiger partial charge in [-0.2, -0.15) is 0 Å². The smallest absolute Gasteiger partial charge is 0.144 e. The van der Waals surface area contributed by atoms with Gasteiger partial charge in [0.2, 0.25) is 0 Å². The van der Waals surface area contributed by atoms with Crippen molar-refractivity contribution >= 4 is 5.84 Å². The molecule has 16 heavy (non-hydrogen) atoms. The van der Waals surface area contributed by atoms with E-state index < -0.39 is 0 Å². The molecule has 0 unspecified atom stereocenters. The van der Waals surface area contributed by atoms with Crippen LogP contribution in [0, 0.1) is 13.8 Å². The number of hydrazine groups is 1. The molecule has 4 nitrogen and oxygen atoms in total. The zero-order chi connectivity index (χ0) is 12.3. The maximum atomic E-state index is 5.51. The Labute approximate surface area is 97.0 Å². The van der Waals surface area contributed by atoms with Crippen molar-refractivity contribution in [1.29, 1.82) is 0 Å². The molecule has 0 fully saturated rings. The maximum Gasteiger partial charge on any atom is 0.144 e. The van der Waals surface area contributed by atoms with Crippen molar-refractivity contribution in [3.8, 4) is 0 Å². The van der Waals surface area contributed by atoms with Gasteiger partial charge in [-0.3, -0.25) is 9.98 Å². The summed E-state index contributed by atoms with van der Waals surface area (Å²) in [5.41, 5.74) is 5.35. The largest absolute Gasteiger partial charge is 0.308 e. The summed E-state index contributed by atoms with van der Waals surface area (Å²) < 4.78 is 0. The van der Waals surface area contributed by atoms with Gasteiger partial charge < -0.3 is 5.43 Å². The fraction of sp³-hybridized carbons (Fsp3) is 0.500. The van der Waals surface area contributed by atoms with E-state index in [0.717, 1.165) is 17.0 Å². The fourth-order valence-corrected chi connectivity index (χ4v) is 1.44. The molecule has 3 N–H and O–H groups in total. The number of nitrogens with zero attached hydrogens (tertiary/aromatic N) is 2. The summed E-state index contributed by atoms with van der Waals surface area (Å²) in [6, 6.07) is 3.94. The molecule has 1 rings (SSSR count). The van der Waals surface area contributed by atoms with Gasteiger partial charge in [0.25, 0.3) is 0 Å². The Bertz CT molecular complexity index is 402. The van der Waals surface area contributed by atoms with Crippen LogP contribution < -0.4 is 11.3 Å². The van der Waals surface area contributed by atoms with Crippen molar-refractivity contribution in [3.63, 3.8) is 0 Å². The first-order valence-electron chi connectivity index (χ1n) is 5.34. The molecule has 0 amide bonds. The van der Waals surface area contributed by atoms with Crippen LogP contribution in [0.15, 0.2) is 17.1 Å². The quantitative estimate of drug-likeness (QED) is 0.328.